The van der Waals surface area contributed by atoms with Crippen molar-refractivity contribution in [3.8, 4) is 0 Å². The number of nitrogens with one attached hydrogen (secondary N) is 1. The smallest absolute Gasteiger partial charge is 0.243 e. The first-order valence-corrected chi connectivity index (χ1v) is 8.14. The molecule has 1 aromatic carbocycles. The molecule has 0 saturated carbocycles. The van der Waals surface area contributed by atoms with Gasteiger partial charge in [0.05, 0.1) is 0 Å². The zero-order valence-electron chi connectivity index (χ0n) is 13.1. The molecule has 1 amide bonds. The molecule has 0 aromatic heterocycles. The standard InChI is InChI=1S/C17H24ClN3O/c1-20-11-13-21(14-12-20)10-2-9-19-17(22)8-5-15-3-6-16(18)7-4-15/h3-8H,2,9-14H2,1H3,(H,19,22)/b8-5+. The van der Waals surface area contributed by atoms with E-state index < -0.39 is 0 Å². The van der Waals surface area contributed by atoms with Crippen molar-refractivity contribution in [2.75, 3.05) is 46.3 Å². The summed E-state index contributed by atoms with van der Waals surface area (Å²) >= 11 is 5.82. The summed E-state index contributed by atoms with van der Waals surface area (Å²) in [5.74, 6) is -0.0478. The van der Waals surface area contributed by atoms with Crippen LogP contribution in [-0.4, -0.2) is 62.0 Å². The van der Waals surface area contributed by atoms with Gasteiger partial charge in [-0.05, 0) is 43.8 Å². The first kappa shape index (κ1) is 17.0. The van der Waals surface area contributed by atoms with Crippen LogP contribution in [0.15, 0.2) is 30.3 Å². The second kappa shape index (κ2) is 8.93. The molecule has 120 valence electrons. The highest BCUT2D eigenvalue weighted by Crippen LogP contribution is 2.10. The normalized spacial score (nSPS) is 17.0. The highest BCUT2D eigenvalue weighted by Gasteiger charge is 2.12. The van der Waals surface area contributed by atoms with Gasteiger partial charge in [0.1, 0.15) is 0 Å². The van der Waals surface area contributed by atoms with Crippen molar-refractivity contribution >= 4 is 23.6 Å². The predicted octanol–water partition coefficient (Wildman–Crippen LogP) is 2.11. The molecule has 1 saturated heterocycles. The Kier molecular flexibility index (Phi) is 6.90. The van der Waals surface area contributed by atoms with E-state index in [4.69, 9.17) is 11.6 Å². The molecule has 0 radical (unpaired) electrons. The maximum atomic E-state index is 11.7. The Morgan fingerprint density at radius 2 is 1.91 bits per heavy atom. The number of hydrogen-bond acceptors (Lipinski definition) is 3. The molecule has 0 spiro atoms. The van der Waals surface area contributed by atoms with Crippen LogP contribution in [0.1, 0.15) is 12.0 Å². The molecule has 0 bridgehead atoms. The molecule has 1 aliphatic heterocycles. The molecule has 1 aliphatic rings. The molecule has 0 atom stereocenters. The van der Waals surface area contributed by atoms with Gasteiger partial charge in [-0.15, -0.1) is 0 Å². The van der Waals surface area contributed by atoms with Gasteiger partial charge in [0, 0.05) is 43.8 Å². The van der Waals surface area contributed by atoms with E-state index >= 15 is 0 Å². The molecule has 1 fully saturated rings. The summed E-state index contributed by atoms with van der Waals surface area (Å²) in [4.78, 5) is 16.5. The lowest BCUT2D eigenvalue weighted by molar-refractivity contribution is -0.116. The minimum Gasteiger partial charge on any atom is -0.353 e. The number of likely N-dealkylation sites (N-methyl/N-ethyl adjacent to an activating group) is 1. The van der Waals surface area contributed by atoms with Crippen molar-refractivity contribution in [2.45, 2.75) is 6.42 Å². The van der Waals surface area contributed by atoms with E-state index in [1.807, 2.05) is 24.3 Å². The number of nitrogens with zero attached hydrogens (tertiary/aromatic N) is 2. The Labute approximate surface area is 137 Å². The van der Waals surface area contributed by atoms with Gasteiger partial charge in [0.15, 0.2) is 0 Å². The average Bonchev–Trinajstić information content (AvgIpc) is 2.53. The molecule has 1 aromatic rings. The summed E-state index contributed by atoms with van der Waals surface area (Å²) in [5.41, 5.74) is 0.969. The Hall–Kier alpha value is -1.36. The van der Waals surface area contributed by atoms with Crippen LogP contribution in [0.2, 0.25) is 5.02 Å². The third kappa shape index (κ3) is 6.18. The number of hydrogen-bond donors (Lipinski definition) is 1. The summed E-state index contributed by atoms with van der Waals surface area (Å²) in [6.07, 6.45) is 4.36. The molecule has 5 heteroatoms. The van der Waals surface area contributed by atoms with E-state index in [0.29, 0.717) is 5.02 Å². The van der Waals surface area contributed by atoms with Crippen molar-refractivity contribution in [3.05, 3.63) is 40.9 Å². The Balaban J connectivity index is 1.60. The van der Waals surface area contributed by atoms with Gasteiger partial charge in [-0.2, -0.15) is 0 Å². The van der Waals surface area contributed by atoms with Crippen LogP contribution in [0.25, 0.3) is 6.08 Å². The number of rotatable bonds is 6. The fourth-order valence-electron chi connectivity index (χ4n) is 2.39. The zero-order valence-corrected chi connectivity index (χ0v) is 13.9. The van der Waals surface area contributed by atoms with Crippen molar-refractivity contribution < 1.29 is 4.79 Å². The van der Waals surface area contributed by atoms with Crippen LogP contribution < -0.4 is 5.32 Å². The SMILES string of the molecule is CN1CCN(CCCNC(=O)/C=C/c2ccc(Cl)cc2)CC1. The molecule has 1 heterocycles. The zero-order chi connectivity index (χ0) is 15.8. The predicted molar refractivity (Wildman–Crippen MR) is 92.0 cm³/mol. The van der Waals surface area contributed by atoms with Crippen LogP contribution in [0, 0.1) is 0 Å². The van der Waals surface area contributed by atoms with E-state index in [2.05, 4.69) is 22.2 Å². The molecule has 2 rings (SSSR count). The summed E-state index contributed by atoms with van der Waals surface area (Å²) in [7, 11) is 2.16. The molecular formula is C17H24ClN3O. The minimum absolute atomic E-state index is 0.0478. The highest BCUT2D eigenvalue weighted by atomic mass is 35.5. The van der Waals surface area contributed by atoms with Crippen LogP contribution in [0.5, 0.6) is 0 Å². The average molecular weight is 322 g/mol. The Bertz CT molecular complexity index is 493. The highest BCUT2D eigenvalue weighted by molar-refractivity contribution is 6.30. The quantitative estimate of drug-likeness (QED) is 0.644. The third-order valence-corrected chi connectivity index (χ3v) is 4.10. The van der Waals surface area contributed by atoms with E-state index in [9.17, 15) is 4.79 Å². The second-order valence-corrected chi connectivity index (χ2v) is 6.11. The van der Waals surface area contributed by atoms with Crippen LogP contribution >= 0.6 is 11.6 Å². The Morgan fingerprint density at radius 1 is 1.23 bits per heavy atom. The lowest BCUT2D eigenvalue weighted by Gasteiger charge is -2.32. The van der Waals surface area contributed by atoms with Crippen molar-refractivity contribution in [1.29, 1.82) is 0 Å². The first-order valence-electron chi connectivity index (χ1n) is 7.76. The molecule has 22 heavy (non-hydrogen) atoms. The largest absolute Gasteiger partial charge is 0.353 e. The molecule has 0 aliphatic carbocycles. The number of halogens is 1. The molecular weight excluding hydrogens is 298 g/mol. The fraction of sp³-hybridized carbons (Fsp3) is 0.471. The van der Waals surface area contributed by atoms with E-state index in [1.54, 1.807) is 12.2 Å². The summed E-state index contributed by atoms with van der Waals surface area (Å²) in [5, 5.41) is 3.62. The number of piperazine rings is 1. The van der Waals surface area contributed by atoms with Gasteiger partial charge in [-0.3, -0.25) is 4.79 Å². The van der Waals surface area contributed by atoms with Gasteiger partial charge < -0.3 is 15.1 Å². The molecule has 4 nitrogen and oxygen atoms in total. The molecule has 1 N–H and O–H groups in total. The summed E-state index contributed by atoms with van der Waals surface area (Å²) < 4.78 is 0. The first-order chi connectivity index (χ1) is 10.6. The number of carbonyl (C=O) groups is 1. The van der Waals surface area contributed by atoms with Gasteiger partial charge in [0.25, 0.3) is 0 Å². The van der Waals surface area contributed by atoms with Crippen molar-refractivity contribution in [1.82, 2.24) is 15.1 Å². The number of benzene rings is 1. The van der Waals surface area contributed by atoms with Gasteiger partial charge in [0.2, 0.25) is 5.91 Å². The van der Waals surface area contributed by atoms with E-state index in [0.717, 1.165) is 51.3 Å². The van der Waals surface area contributed by atoms with E-state index in [1.165, 1.54) is 0 Å². The lowest BCUT2D eigenvalue weighted by Crippen LogP contribution is -2.45. The Morgan fingerprint density at radius 3 is 2.59 bits per heavy atom. The second-order valence-electron chi connectivity index (χ2n) is 5.67. The van der Waals surface area contributed by atoms with Crippen LogP contribution in [0.4, 0.5) is 0 Å². The van der Waals surface area contributed by atoms with E-state index in [-0.39, 0.29) is 5.91 Å². The fourth-order valence-corrected chi connectivity index (χ4v) is 2.52. The summed E-state index contributed by atoms with van der Waals surface area (Å²) in [6.45, 7) is 6.29. The topological polar surface area (TPSA) is 35.6 Å². The number of carbonyl (C=O) groups excluding carboxylic acids is 1. The van der Waals surface area contributed by atoms with Crippen molar-refractivity contribution in [2.24, 2.45) is 0 Å². The maximum absolute atomic E-state index is 11.7. The molecule has 0 unspecified atom stereocenters. The van der Waals surface area contributed by atoms with Gasteiger partial charge in [-0.25, -0.2) is 0 Å². The summed E-state index contributed by atoms with van der Waals surface area (Å²) in [6, 6.07) is 7.41. The minimum atomic E-state index is -0.0478. The maximum Gasteiger partial charge on any atom is 0.243 e. The number of amides is 1. The van der Waals surface area contributed by atoms with Crippen LogP contribution in [0.3, 0.4) is 0 Å². The van der Waals surface area contributed by atoms with Crippen molar-refractivity contribution in [3.63, 3.8) is 0 Å². The lowest BCUT2D eigenvalue weighted by atomic mass is 10.2. The monoisotopic (exact) mass is 321 g/mol. The van der Waals surface area contributed by atoms with Gasteiger partial charge >= 0.3 is 0 Å². The van der Waals surface area contributed by atoms with Gasteiger partial charge in [-0.1, -0.05) is 23.7 Å². The van der Waals surface area contributed by atoms with Crippen LogP contribution in [-0.2, 0) is 4.79 Å². The third-order valence-electron chi connectivity index (χ3n) is 3.84.